The summed E-state index contributed by atoms with van der Waals surface area (Å²) in [4.78, 5) is 11.9. The fraction of sp³-hybridized carbons (Fsp3) is 0.176. The van der Waals surface area contributed by atoms with Gasteiger partial charge in [-0.1, -0.05) is 17.3 Å². The number of ether oxygens (including phenoxy) is 1. The van der Waals surface area contributed by atoms with Gasteiger partial charge < -0.3 is 14.6 Å². The molecule has 0 atom stereocenters. The summed E-state index contributed by atoms with van der Waals surface area (Å²) in [5.74, 6) is 1.39. The number of nitrogens with zero attached hydrogens (tertiary/aromatic N) is 3. The van der Waals surface area contributed by atoms with Gasteiger partial charge in [0.05, 0.1) is 24.9 Å². The lowest BCUT2D eigenvalue weighted by molar-refractivity contribution is -0.115. The summed E-state index contributed by atoms with van der Waals surface area (Å²) >= 11 is 0. The van der Waals surface area contributed by atoms with Gasteiger partial charge in [-0.3, -0.25) is 4.79 Å². The molecule has 0 unspecified atom stereocenters. The van der Waals surface area contributed by atoms with Gasteiger partial charge in [0.15, 0.2) is 5.82 Å². The first kappa shape index (κ1) is 15.7. The molecule has 24 heavy (non-hydrogen) atoms. The van der Waals surface area contributed by atoms with Crippen molar-refractivity contribution in [1.29, 1.82) is 0 Å². The summed E-state index contributed by atoms with van der Waals surface area (Å²) in [5, 5.41) is 14.6. The fourth-order valence-corrected chi connectivity index (χ4v) is 2.18. The summed E-state index contributed by atoms with van der Waals surface area (Å²) < 4.78 is 10.2. The zero-order valence-corrected chi connectivity index (χ0v) is 13.3. The molecule has 0 saturated carbocycles. The predicted molar refractivity (Wildman–Crippen MR) is 87.6 cm³/mol. The topological polar surface area (TPSA) is 90.1 Å². The second kappa shape index (κ2) is 6.91. The first-order chi connectivity index (χ1) is 11.6. The van der Waals surface area contributed by atoms with E-state index in [0.717, 1.165) is 17.0 Å². The van der Waals surface area contributed by atoms with E-state index in [1.54, 1.807) is 32.2 Å². The van der Waals surface area contributed by atoms with Crippen LogP contribution in [0.5, 0.6) is 5.75 Å². The van der Waals surface area contributed by atoms with Crippen molar-refractivity contribution in [3.8, 4) is 17.0 Å². The summed E-state index contributed by atoms with van der Waals surface area (Å²) in [5.41, 5.74) is 2.31. The molecule has 1 amide bonds. The third kappa shape index (κ3) is 3.75. The number of aromatic nitrogens is 3. The Morgan fingerprint density at radius 2 is 2.08 bits per heavy atom. The minimum Gasteiger partial charge on any atom is -0.497 e. The molecule has 1 aromatic carbocycles. The molecule has 0 bridgehead atoms. The Morgan fingerprint density at radius 3 is 2.75 bits per heavy atom. The molecule has 0 aliphatic heterocycles. The number of nitrogens with one attached hydrogen (secondary N) is 1. The predicted octanol–water partition coefficient (Wildman–Crippen LogP) is 2.63. The van der Waals surface area contributed by atoms with E-state index in [2.05, 4.69) is 20.7 Å². The SMILES string of the molecule is COc1cccc(-c2ccc(NC(=O)Cc3cc(C)no3)nn2)c1. The van der Waals surface area contributed by atoms with E-state index in [4.69, 9.17) is 9.26 Å². The van der Waals surface area contributed by atoms with E-state index in [1.807, 2.05) is 24.3 Å². The molecule has 0 saturated heterocycles. The van der Waals surface area contributed by atoms with Gasteiger partial charge in [0.2, 0.25) is 5.91 Å². The van der Waals surface area contributed by atoms with E-state index in [9.17, 15) is 4.79 Å². The summed E-state index contributed by atoms with van der Waals surface area (Å²) in [6, 6.07) is 12.7. The second-order valence-corrected chi connectivity index (χ2v) is 5.20. The van der Waals surface area contributed by atoms with Crippen molar-refractivity contribution in [2.45, 2.75) is 13.3 Å². The van der Waals surface area contributed by atoms with Crippen LogP contribution in [0, 0.1) is 6.92 Å². The van der Waals surface area contributed by atoms with E-state index in [1.165, 1.54) is 0 Å². The van der Waals surface area contributed by atoms with Crippen LogP contribution in [0.2, 0.25) is 0 Å². The maximum Gasteiger partial charge on any atom is 0.233 e. The third-order valence-electron chi connectivity index (χ3n) is 3.31. The number of benzene rings is 1. The number of methoxy groups -OCH3 is 1. The number of hydrogen-bond acceptors (Lipinski definition) is 6. The van der Waals surface area contributed by atoms with Crippen LogP contribution in [0.4, 0.5) is 5.82 Å². The van der Waals surface area contributed by atoms with Crippen LogP contribution in [-0.2, 0) is 11.2 Å². The lowest BCUT2D eigenvalue weighted by Gasteiger charge is -2.05. The number of carbonyl (C=O) groups is 1. The Labute approximate surface area is 138 Å². The minimum absolute atomic E-state index is 0.0974. The molecule has 2 aromatic heterocycles. The smallest absolute Gasteiger partial charge is 0.233 e. The molecule has 0 radical (unpaired) electrons. The molecular formula is C17H16N4O3. The molecule has 0 fully saturated rings. The highest BCUT2D eigenvalue weighted by atomic mass is 16.5. The number of aryl methyl sites for hydroxylation is 1. The third-order valence-corrected chi connectivity index (χ3v) is 3.31. The fourth-order valence-electron chi connectivity index (χ4n) is 2.18. The lowest BCUT2D eigenvalue weighted by Crippen LogP contribution is -2.15. The average Bonchev–Trinajstić information content (AvgIpc) is 3.00. The van der Waals surface area contributed by atoms with Gasteiger partial charge in [-0.2, -0.15) is 0 Å². The molecule has 3 aromatic rings. The molecule has 3 rings (SSSR count). The van der Waals surface area contributed by atoms with Crippen molar-refractivity contribution in [2.24, 2.45) is 0 Å². The van der Waals surface area contributed by atoms with Gasteiger partial charge >= 0.3 is 0 Å². The number of hydrogen-bond donors (Lipinski definition) is 1. The van der Waals surface area contributed by atoms with Crippen molar-refractivity contribution < 1.29 is 14.1 Å². The summed E-state index contributed by atoms with van der Waals surface area (Å²) in [7, 11) is 1.61. The van der Waals surface area contributed by atoms with Crippen LogP contribution < -0.4 is 10.1 Å². The van der Waals surface area contributed by atoms with Gasteiger partial charge in [-0.15, -0.1) is 10.2 Å². The monoisotopic (exact) mass is 324 g/mol. The molecule has 7 heteroatoms. The largest absolute Gasteiger partial charge is 0.497 e. The molecular weight excluding hydrogens is 308 g/mol. The van der Waals surface area contributed by atoms with Gasteiger partial charge in [-0.25, -0.2) is 0 Å². The number of rotatable bonds is 5. The molecule has 0 aliphatic rings. The molecule has 7 nitrogen and oxygen atoms in total. The zero-order valence-electron chi connectivity index (χ0n) is 13.3. The molecule has 0 aliphatic carbocycles. The Morgan fingerprint density at radius 1 is 1.21 bits per heavy atom. The number of anilines is 1. The number of carbonyl (C=O) groups excluding carboxylic acids is 1. The van der Waals surface area contributed by atoms with Gasteiger partial charge in [-0.05, 0) is 31.2 Å². The van der Waals surface area contributed by atoms with Crippen molar-refractivity contribution >= 4 is 11.7 Å². The lowest BCUT2D eigenvalue weighted by atomic mass is 10.1. The minimum atomic E-state index is -0.241. The zero-order chi connectivity index (χ0) is 16.9. The Kier molecular flexibility index (Phi) is 4.51. The standard InChI is InChI=1S/C17H16N4O3/c1-11-8-14(24-21-11)10-17(22)18-16-7-6-15(19-20-16)12-4-3-5-13(9-12)23-2/h3-9H,10H2,1-2H3,(H,18,20,22). The van der Waals surface area contributed by atoms with Gasteiger partial charge in [0, 0.05) is 11.6 Å². The van der Waals surface area contributed by atoms with Crippen molar-refractivity contribution in [1.82, 2.24) is 15.4 Å². The van der Waals surface area contributed by atoms with Crippen molar-refractivity contribution in [2.75, 3.05) is 12.4 Å². The molecule has 122 valence electrons. The highest BCUT2D eigenvalue weighted by Crippen LogP contribution is 2.22. The van der Waals surface area contributed by atoms with Crippen LogP contribution >= 0.6 is 0 Å². The maximum absolute atomic E-state index is 11.9. The second-order valence-electron chi connectivity index (χ2n) is 5.20. The highest BCUT2D eigenvalue weighted by Gasteiger charge is 2.10. The van der Waals surface area contributed by atoms with Crippen LogP contribution in [0.1, 0.15) is 11.5 Å². The summed E-state index contributed by atoms with van der Waals surface area (Å²) in [6.45, 7) is 1.80. The van der Waals surface area contributed by atoms with E-state index >= 15 is 0 Å². The van der Waals surface area contributed by atoms with Crippen molar-refractivity contribution in [3.05, 3.63) is 53.9 Å². The Bertz CT molecular complexity index is 843. The first-order valence-electron chi connectivity index (χ1n) is 7.34. The molecule has 0 spiro atoms. The first-order valence-corrected chi connectivity index (χ1v) is 7.34. The molecule has 1 N–H and O–H groups in total. The van der Waals surface area contributed by atoms with E-state index < -0.39 is 0 Å². The van der Waals surface area contributed by atoms with E-state index in [0.29, 0.717) is 17.3 Å². The average molecular weight is 324 g/mol. The van der Waals surface area contributed by atoms with Gasteiger partial charge in [0.1, 0.15) is 11.5 Å². The Hall–Kier alpha value is -3.22. The Balaban J connectivity index is 1.66. The summed E-state index contributed by atoms with van der Waals surface area (Å²) in [6.07, 6.45) is 0.0974. The quantitative estimate of drug-likeness (QED) is 0.776. The van der Waals surface area contributed by atoms with Crippen LogP contribution in [-0.4, -0.2) is 28.4 Å². The van der Waals surface area contributed by atoms with Gasteiger partial charge in [0.25, 0.3) is 0 Å². The van der Waals surface area contributed by atoms with Crippen molar-refractivity contribution in [3.63, 3.8) is 0 Å². The van der Waals surface area contributed by atoms with Crippen LogP contribution in [0.25, 0.3) is 11.3 Å². The normalized spacial score (nSPS) is 10.4. The number of amides is 1. The highest BCUT2D eigenvalue weighted by molar-refractivity contribution is 5.91. The molecule has 2 heterocycles. The van der Waals surface area contributed by atoms with Crippen LogP contribution in [0.15, 0.2) is 47.0 Å². The van der Waals surface area contributed by atoms with Crippen LogP contribution in [0.3, 0.4) is 0 Å². The van der Waals surface area contributed by atoms with E-state index in [-0.39, 0.29) is 12.3 Å². The maximum atomic E-state index is 11.9.